The highest BCUT2D eigenvalue weighted by Crippen LogP contribution is 2.20. The van der Waals surface area contributed by atoms with Crippen LogP contribution in [0.1, 0.15) is 44.6 Å². The molecule has 0 atom stereocenters. The van der Waals surface area contributed by atoms with Gasteiger partial charge in [-0.05, 0) is 41.0 Å². The van der Waals surface area contributed by atoms with Crippen LogP contribution in [0.15, 0.2) is 6.20 Å². The lowest BCUT2D eigenvalue weighted by molar-refractivity contribution is 0.400. The molecule has 1 rings (SSSR count). The molecule has 0 aliphatic heterocycles. The first-order chi connectivity index (χ1) is 9.99. The van der Waals surface area contributed by atoms with Gasteiger partial charge >= 0.3 is 0 Å². The topological polar surface area (TPSA) is 44.3 Å². The molecule has 0 saturated heterocycles. The molecule has 0 spiro atoms. The molecule has 0 radical (unpaired) electrons. The highest BCUT2D eigenvalue weighted by molar-refractivity contribution is 5.49. The fourth-order valence-electron chi connectivity index (χ4n) is 2.29. The second-order valence-electron chi connectivity index (χ2n) is 5.98. The molecule has 0 bridgehead atoms. The summed E-state index contributed by atoms with van der Waals surface area (Å²) in [5.74, 6) is 1.28. The van der Waals surface area contributed by atoms with Crippen LogP contribution in [0.2, 0.25) is 0 Å². The van der Waals surface area contributed by atoms with Crippen LogP contribution >= 0.6 is 0 Å². The second kappa shape index (κ2) is 8.95. The first kappa shape index (κ1) is 17.9. The number of nitrogens with one attached hydrogen (secondary N) is 1. The third kappa shape index (κ3) is 5.59. The van der Waals surface area contributed by atoms with Crippen molar-refractivity contribution in [3.8, 4) is 0 Å². The van der Waals surface area contributed by atoms with Crippen molar-refractivity contribution in [1.82, 2.24) is 20.2 Å². The Labute approximate surface area is 129 Å². The molecule has 1 heterocycles. The van der Waals surface area contributed by atoms with Crippen LogP contribution in [-0.2, 0) is 6.54 Å². The lowest BCUT2D eigenvalue weighted by Crippen LogP contribution is -2.29. The van der Waals surface area contributed by atoms with E-state index in [1.165, 1.54) is 0 Å². The Morgan fingerprint density at radius 2 is 1.95 bits per heavy atom. The Balaban J connectivity index is 2.90. The predicted molar refractivity (Wildman–Crippen MR) is 89.9 cm³/mol. The van der Waals surface area contributed by atoms with Crippen molar-refractivity contribution in [1.29, 1.82) is 0 Å². The SMILES string of the molecule is CCN(CCCN(C)C)c1cnc(C(C)C)nc1CNC. The first-order valence-corrected chi connectivity index (χ1v) is 7.89. The summed E-state index contributed by atoms with van der Waals surface area (Å²) >= 11 is 0. The summed E-state index contributed by atoms with van der Waals surface area (Å²) < 4.78 is 0. The Bertz CT molecular complexity index is 417. The van der Waals surface area contributed by atoms with Gasteiger partial charge in [0.2, 0.25) is 0 Å². The number of rotatable bonds is 9. The molecule has 120 valence electrons. The predicted octanol–water partition coefficient (Wildman–Crippen LogP) is 2.10. The third-order valence-corrected chi connectivity index (χ3v) is 3.48. The number of hydrogen-bond donors (Lipinski definition) is 1. The average molecular weight is 293 g/mol. The van der Waals surface area contributed by atoms with Gasteiger partial charge < -0.3 is 15.1 Å². The van der Waals surface area contributed by atoms with E-state index in [0.717, 1.165) is 49.8 Å². The molecule has 21 heavy (non-hydrogen) atoms. The highest BCUT2D eigenvalue weighted by Gasteiger charge is 2.14. The largest absolute Gasteiger partial charge is 0.369 e. The zero-order valence-corrected chi connectivity index (χ0v) is 14.5. The van der Waals surface area contributed by atoms with Crippen LogP contribution in [0.5, 0.6) is 0 Å². The molecule has 0 aliphatic carbocycles. The van der Waals surface area contributed by atoms with Gasteiger partial charge in [0.1, 0.15) is 5.82 Å². The lowest BCUT2D eigenvalue weighted by Gasteiger charge is -2.26. The maximum atomic E-state index is 4.75. The maximum absolute atomic E-state index is 4.75. The van der Waals surface area contributed by atoms with Crippen molar-refractivity contribution in [2.24, 2.45) is 0 Å². The van der Waals surface area contributed by atoms with Gasteiger partial charge in [-0.2, -0.15) is 0 Å². The van der Waals surface area contributed by atoms with Crippen molar-refractivity contribution >= 4 is 5.69 Å². The Morgan fingerprint density at radius 1 is 1.24 bits per heavy atom. The molecule has 1 N–H and O–H groups in total. The summed E-state index contributed by atoms with van der Waals surface area (Å²) in [6.45, 7) is 10.4. The highest BCUT2D eigenvalue weighted by atomic mass is 15.2. The second-order valence-corrected chi connectivity index (χ2v) is 5.98. The summed E-state index contributed by atoms with van der Waals surface area (Å²) in [6.07, 6.45) is 3.14. The van der Waals surface area contributed by atoms with E-state index in [1.807, 2.05) is 13.2 Å². The summed E-state index contributed by atoms with van der Waals surface area (Å²) in [4.78, 5) is 13.9. The fourth-order valence-corrected chi connectivity index (χ4v) is 2.29. The molecule has 0 saturated carbocycles. The lowest BCUT2D eigenvalue weighted by atomic mass is 10.2. The van der Waals surface area contributed by atoms with Crippen molar-refractivity contribution in [3.05, 3.63) is 17.7 Å². The molecule has 0 aliphatic rings. The quantitative estimate of drug-likeness (QED) is 0.755. The van der Waals surface area contributed by atoms with Crippen LogP contribution in [-0.4, -0.2) is 55.6 Å². The van der Waals surface area contributed by atoms with E-state index in [4.69, 9.17) is 4.98 Å². The van der Waals surface area contributed by atoms with Crippen LogP contribution in [0, 0.1) is 0 Å². The zero-order chi connectivity index (χ0) is 15.8. The smallest absolute Gasteiger partial charge is 0.131 e. The van der Waals surface area contributed by atoms with E-state index >= 15 is 0 Å². The minimum Gasteiger partial charge on any atom is -0.369 e. The van der Waals surface area contributed by atoms with Crippen molar-refractivity contribution in [2.75, 3.05) is 45.7 Å². The first-order valence-electron chi connectivity index (χ1n) is 7.89. The molecule has 1 aromatic rings. The minimum atomic E-state index is 0.360. The zero-order valence-electron chi connectivity index (χ0n) is 14.5. The van der Waals surface area contributed by atoms with E-state index in [1.54, 1.807) is 0 Å². The molecule has 0 fully saturated rings. The van der Waals surface area contributed by atoms with Crippen LogP contribution in [0.3, 0.4) is 0 Å². The number of anilines is 1. The molecule has 0 aromatic carbocycles. The molecule has 0 amide bonds. The van der Waals surface area contributed by atoms with Gasteiger partial charge in [-0.25, -0.2) is 9.97 Å². The average Bonchev–Trinajstić information content (AvgIpc) is 2.44. The summed E-state index contributed by atoms with van der Waals surface area (Å²) in [5, 5.41) is 3.22. The van der Waals surface area contributed by atoms with E-state index < -0.39 is 0 Å². The summed E-state index contributed by atoms with van der Waals surface area (Å²) in [6, 6.07) is 0. The van der Waals surface area contributed by atoms with Crippen molar-refractivity contribution < 1.29 is 0 Å². The monoisotopic (exact) mass is 293 g/mol. The van der Waals surface area contributed by atoms with Crippen LogP contribution in [0.4, 0.5) is 5.69 Å². The van der Waals surface area contributed by atoms with E-state index in [-0.39, 0.29) is 0 Å². The van der Waals surface area contributed by atoms with Crippen LogP contribution < -0.4 is 10.2 Å². The third-order valence-electron chi connectivity index (χ3n) is 3.48. The van der Waals surface area contributed by atoms with Crippen molar-refractivity contribution in [3.63, 3.8) is 0 Å². The van der Waals surface area contributed by atoms with Gasteiger partial charge in [-0.3, -0.25) is 0 Å². The number of nitrogens with zero attached hydrogens (tertiary/aromatic N) is 4. The summed E-state index contributed by atoms with van der Waals surface area (Å²) in [7, 11) is 6.19. The molecule has 0 unspecified atom stereocenters. The Kier molecular flexibility index (Phi) is 7.61. The van der Waals surface area contributed by atoms with Gasteiger partial charge in [-0.15, -0.1) is 0 Å². The van der Waals surface area contributed by atoms with E-state index in [9.17, 15) is 0 Å². The molecular weight excluding hydrogens is 262 g/mol. The molecular formula is C16H31N5. The van der Waals surface area contributed by atoms with E-state index in [2.05, 4.69) is 55.0 Å². The Hall–Kier alpha value is -1.20. The minimum absolute atomic E-state index is 0.360. The van der Waals surface area contributed by atoms with Crippen molar-refractivity contribution in [2.45, 2.75) is 39.7 Å². The number of aromatic nitrogens is 2. The molecule has 5 nitrogen and oxygen atoms in total. The number of hydrogen-bond acceptors (Lipinski definition) is 5. The van der Waals surface area contributed by atoms with Gasteiger partial charge in [0.15, 0.2) is 0 Å². The van der Waals surface area contributed by atoms with Gasteiger partial charge in [-0.1, -0.05) is 13.8 Å². The standard InChI is InChI=1S/C16H31N5/c1-7-21(10-8-9-20(5)6)15-12-18-16(13(2)3)19-14(15)11-17-4/h12-13,17H,7-11H2,1-6H3. The Morgan fingerprint density at radius 3 is 2.48 bits per heavy atom. The fraction of sp³-hybridized carbons (Fsp3) is 0.750. The summed E-state index contributed by atoms with van der Waals surface area (Å²) in [5.41, 5.74) is 2.26. The van der Waals surface area contributed by atoms with Gasteiger partial charge in [0.05, 0.1) is 17.6 Å². The van der Waals surface area contributed by atoms with Gasteiger partial charge in [0.25, 0.3) is 0 Å². The van der Waals surface area contributed by atoms with E-state index in [0.29, 0.717) is 5.92 Å². The van der Waals surface area contributed by atoms with Gasteiger partial charge in [0, 0.05) is 25.6 Å². The molecule has 5 heteroatoms. The van der Waals surface area contributed by atoms with Crippen LogP contribution in [0.25, 0.3) is 0 Å². The maximum Gasteiger partial charge on any atom is 0.131 e. The normalized spacial score (nSPS) is 11.4. The molecule has 1 aromatic heterocycles.